The summed E-state index contributed by atoms with van der Waals surface area (Å²) in [6, 6.07) is 0. The second-order valence-corrected chi connectivity index (χ2v) is 10.5. The molecule has 0 amide bonds. The lowest BCUT2D eigenvalue weighted by molar-refractivity contribution is -0.159. The van der Waals surface area contributed by atoms with Crippen LogP contribution in [0, 0.1) is 0 Å². The minimum Gasteiger partial charge on any atom is -0.393 e. The molecule has 0 atom stereocenters. The van der Waals surface area contributed by atoms with Gasteiger partial charge in [0.1, 0.15) is 0 Å². The molecule has 0 radical (unpaired) electrons. The quantitative estimate of drug-likeness (QED) is 0.0495. The van der Waals surface area contributed by atoms with Crippen LogP contribution < -0.4 is 0 Å². The van der Waals surface area contributed by atoms with Crippen LogP contribution in [0.15, 0.2) is 12.2 Å². The van der Waals surface area contributed by atoms with Crippen LogP contribution in [0.3, 0.4) is 0 Å². The van der Waals surface area contributed by atoms with Crippen molar-refractivity contribution in [2.45, 2.75) is 181 Å². The Morgan fingerprint density at radius 3 is 1.06 bits per heavy atom. The van der Waals surface area contributed by atoms with Crippen LogP contribution in [0.25, 0.3) is 0 Å². The van der Waals surface area contributed by atoms with E-state index in [1.165, 1.54) is 122 Å². The summed E-state index contributed by atoms with van der Waals surface area (Å²) in [6.45, 7) is 4.52. The largest absolute Gasteiger partial charge is 0.393 e. The van der Waals surface area contributed by atoms with Crippen molar-refractivity contribution in [3.63, 3.8) is 0 Å². The Morgan fingerprint density at radius 1 is 0.429 bits per heavy atom. The van der Waals surface area contributed by atoms with Crippen LogP contribution in [0.5, 0.6) is 0 Å². The molecule has 35 heavy (non-hydrogen) atoms. The van der Waals surface area contributed by atoms with Gasteiger partial charge in [0.25, 0.3) is 0 Å². The summed E-state index contributed by atoms with van der Waals surface area (Å²) >= 11 is 0. The average molecular weight is 493 g/mol. The summed E-state index contributed by atoms with van der Waals surface area (Å²) < 4.78 is 4.97. The minimum absolute atomic E-state index is 0.335. The molecular formula is C32H60O3. The number of hydrogen-bond donors (Lipinski definition) is 0. The van der Waals surface area contributed by atoms with E-state index >= 15 is 0 Å². The van der Waals surface area contributed by atoms with E-state index < -0.39 is 0 Å². The van der Waals surface area contributed by atoms with Crippen molar-refractivity contribution in [1.82, 2.24) is 0 Å². The smallest absolute Gasteiger partial charge is 0.313 e. The van der Waals surface area contributed by atoms with E-state index in [9.17, 15) is 9.59 Å². The lowest BCUT2D eigenvalue weighted by Crippen LogP contribution is -2.11. The first-order valence-corrected chi connectivity index (χ1v) is 15.6. The van der Waals surface area contributed by atoms with Gasteiger partial charge in [-0.1, -0.05) is 142 Å². The van der Waals surface area contributed by atoms with Gasteiger partial charge in [0, 0.05) is 12.8 Å². The number of rotatable bonds is 27. The summed E-state index contributed by atoms with van der Waals surface area (Å²) in [4.78, 5) is 23.7. The molecule has 3 heteroatoms. The molecule has 0 rings (SSSR count). The first kappa shape index (κ1) is 33.9. The predicted octanol–water partition coefficient (Wildman–Crippen LogP) is 10.8. The number of allylic oxidation sites excluding steroid dienone is 2. The fourth-order valence-electron chi connectivity index (χ4n) is 4.50. The van der Waals surface area contributed by atoms with Crippen molar-refractivity contribution in [3.05, 3.63) is 12.2 Å². The Morgan fingerprint density at radius 2 is 0.714 bits per heavy atom. The van der Waals surface area contributed by atoms with E-state index in [1.54, 1.807) is 0 Å². The number of unbranched alkanes of at least 4 members (excludes halogenated alkanes) is 21. The maximum Gasteiger partial charge on any atom is 0.313 e. The van der Waals surface area contributed by atoms with E-state index in [0.29, 0.717) is 12.8 Å². The Bertz CT molecular complexity index is 483. The Labute approximate surface area is 219 Å². The van der Waals surface area contributed by atoms with Crippen molar-refractivity contribution < 1.29 is 14.3 Å². The Balaban J connectivity index is 3.34. The Hall–Kier alpha value is -1.12. The van der Waals surface area contributed by atoms with Gasteiger partial charge < -0.3 is 4.74 Å². The SMILES string of the molecule is CCCCCCCC/C=C\CCCCCCCC(=O)OC(=O)CCCCCCCCCCCCC. The minimum atomic E-state index is -0.337. The maximum absolute atomic E-state index is 11.8. The van der Waals surface area contributed by atoms with Crippen molar-refractivity contribution in [2.75, 3.05) is 0 Å². The normalized spacial score (nSPS) is 11.4. The number of carbonyl (C=O) groups excluding carboxylic acids is 2. The van der Waals surface area contributed by atoms with Crippen molar-refractivity contribution in [1.29, 1.82) is 0 Å². The second kappa shape index (κ2) is 29.1. The Kier molecular flexibility index (Phi) is 28.2. The zero-order chi connectivity index (χ0) is 25.7. The fourth-order valence-corrected chi connectivity index (χ4v) is 4.50. The van der Waals surface area contributed by atoms with E-state index in [-0.39, 0.29) is 11.9 Å². The monoisotopic (exact) mass is 492 g/mol. The van der Waals surface area contributed by atoms with Gasteiger partial charge in [-0.25, -0.2) is 0 Å². The summed E-state index contributed by atoms with van der Waals surface area (Å²) in [6.07, 6.45) is 35.3. The molecule has 0 fully saturated rings. The first-order chi connectivity index (χ1) is 17.2. The molecule has 0 aromatic carbocycles. The summed E-state index contributed by atoms with van der Waals surface area (Å²) in [5.41, 5.74) is 0. The summed E-state index contributed by atoms with van der Waals surface area (Å²) in [7, 11) is 0. The van der Waals surface area contributed by atoms with E-state index in [4.69, 9.17) is 4.74 Å². The molecule has 0 aliphatic rings. The highest BCUT2D eigenvalue weighted by molar-refractivity contribution is 5.85. The fraction of sp³-hybridized carbons (Fsp3) is 0.875. The van der Waals surface area contributed by atoms with E-state index in [0.717, 1.165) is 32.1 Å². The van der Waals surface area contributed by atoms with Gasteiger partial charge in [0.15, 0.2) is 0 Å². The van der Waals surface area contributed by atoms with Gasteiger partial charge in [-0.3, -0.25) is 9.59 Å². The van der Waals surface area contributed by atoms with E-state index in [2.05, 4.69) is 26.0 Å². The van der Waals surface area contributed by atoms with Gasteiger partial charge in [0.05, 0.1) is 0 Å². The predicted molar refractivity (Wildman–Crippen MR) is 152 cm³/mol. The molecule has 0 spiro atoms. The highest BCUT2D eigenvalue weighted by Crippen LogP contribution is 2.13. The zero-order valence-electron chi connectivity index (χ0n) is 23.8. The standard InChI is InChI=1S/C32H60O3/c1-3-5-7-9-11-13-15-16-17-18-20-22-24-26-28-30-32(34)35-31(33)29-27-25-23-21-19-14-12-10-8-6-4-2/h16-17H,3-15,18-30H2,1-2H3/b17-16-. The lowest BCUT2D eigenvalue weighted by atomic mass is 10.1. The van der Waals surface area contributed by atoms with Crippen LogP contribution in [0.2, 0.25) is 0 Å². The molecule has 0 saturated carbocycles. The van der Waals surface area contributed by atoms with Gasteiger partial charge in [-0.15, -0.1) is 0 Å². The molecule has 0 aromatic heterocycles. The summed E-state index contributed by atoms with van der Waals surface area (Å²) in [5, 5.41) is 0. The molecule has 0 aliphatic heterocycles. The van der Waals surface area contributed by atoms with Crippen LogP contribution in [-0.4, -0.2) is 11.9 Å². The van der Waals surface area contributed by atoms with Crippen LogP contribution in [0.4, 0.5) is 0 Å². The van der Waals surface area contributed by atoms with Crippen LogP contribution in [-0.2, 0) is 14.3 Å². The number of hydrogen-bond acceptors (Lipinski definition) is 3. The third kappa shape index (κ3) is 29.0. The molecule has 0 bridgehead atoms. The maximum atomic E-state index is 11.8. The van der Waals surface area contributed by atoms with Gasteiger partial charge >= 0.3 is 11.9 Å². The number of ether oxygens (including phenoxy) is 1. The second-order valence-electron chi connectivity index (χ2n) is 10.5. The van der Waals surface area contributed by atoms with Crippen molar-refractivity contribution >= 4 is 11.9 Å². The highest BCUT2D eigenvalue weighted by atomic mass is 16.6. The van der Waals surface area contributed by atoms with Gasteiger partial charge in [0.2, 0.25) is 0 Å². The zero-order valence-corrected chi connectivity index (χ0v) is 23.8. The third-order valence-electron chi connectivity index (χ3n) is 6.85. The summed E-state index contributed by atoms with van der Waals surface area (Å²) in [5.74, 6) is -0.672. The van der Waals surface area contributed by atoms with Gasteiger partial charge in [-0.2, -0.15) is 0 Å². The van der Waals surface area contributed by atoms with Crippen LogP contribution >= 0.6 is 0 Å². The lowest BCUT2D eigenvalue weighted by Gasteiger charge is -2.04. The number of carbonyl (C=O) groups is 2. The highest BCUT2D eigenvalue weighted by Gasteiger charge is 2.09. The topological polar surface area (TPSA) is 43.4 Å². The van der Waals surface area contributed by atoms with Crippen molar-refractivity contribution in [2.24, 2.45) is 0 Å². The number of esters is 2. The van der Waals surface area contributed by atoms with E-state index in [1.807, 2.05) is 0 Å². The molecule has 0 saturated heterocycles. The van der Waals surface area contributed by atoms with Crippen molar-refractivity contribution in [3.8, 4) is 0 Å². The third-order valence-corrected chi connectivity index (χ3v) is 6.85. The molecule has 0 unspecified atom stereocenters. The molecule has 0 N–H and O–H groups in total. The molecule has 3 nitrogen and oxygen atoms in total. The molecule has 0 aliphatic carbocycles. The molecular weight excluding hydrogens is 432 g/mol. The average Bonchev–Trinajstić information content (AvgIpc) is 2.85. The molecule has 0 aromatic rings. The molecule has 0 heterocycles. The van der Waals surface area contributed by atoms with Gasteiger partial charge in [-0.05, 0) is 38.5 Å². The van der Waals surface area contributed by atoms with Crippen LogP contribution in [0.1, 0.15) is 181 Å². The first-order valence-electron chi connectivity index (χ1n) is 15.6. The molecule has 206 valence electrons.